The van der Waals surface area contributed by atoms with Crippen LogP contribution in [0.4, 0.5) is 5.69 Å². The van der Waals surface area contributed by atoms with E-state index in [2.05, 4.69) is 29.2 Å². The lowest BCUT2D eigenvalue weighted by Gasteiger charge is -2.03. The Morgan fingerprint density at radius 1 is 1.05 bits per heavy atom. The van der Waals surface area contributed by atoms with Gasteiger partial charge in [0, 0.05) is 10.6 Å². The van der Waals surface area contributed by atoms with E-state index in [1.54, 1.807) is 44.7 Å². The molecule has 0 unspecified atom stereocenters. The fourth-order valence-corrected chi connectivity index (χ4v) is 6.32. The van der Waals surface area contributed by atoms with E-state index in [1.165, 1.54) is 4.70 Å². The van der Waals surface area contributed by atoms with Crippen molar-refractivity contribution in [2.24, 2.45) is 0 Å². The van der Waals surface area contributed by atoms with Gasteiger partial charge in [0.1, 0.15) is 0 Å². The summed E-state index contributed by atoms with van der Waals surface area (Å²) in [4.78, 5) is 5.74. The summed E-state index contributed by atoms with van der Waals surface area (Å²) < 4.78 is 2.35. The van der Waals surface area contributed by atoms with Crippen LogP contribution in [0, 0.1) is 0 Å². The molecule has 0 saturated heterocycles. The monoisotopic (exact) mass is 336 g/mol. The molecule has 0 aliphatic heterocycles. The van der Waals surface area contributed by atoms with E-state index < -0.39 is 0 Å². The van der Waals surface area contributed by atoms with Gasteiger partial charge in [-0.1, -0.05) is 35.1 Å². The van der Waals surface area contributed by atoms with Gasteiger partial charge in [-0.15, -0.1) is 23.1 Å². The summed E-state index contributed by atoms with van der Waals surface area (Å²) in [6.07, 6.45) is 0. The lowest BCUT2D eigenvalue weighted by Crippen LogP contribution is -1.86. The first kappa shape index (κ1) is 14.1. The average molecular weight is 337 g/mol. The van der Waals surface area contributed by atoms with E-state index in [9.17, 15) is 0 Å². The van der Waals surface area contributed by atoms with Crippen LogP contribution in [0.5, 0.6) is 0 Å². The van der Waals surface area contributed by atoms with E-state index in [1.807, 2.05) is 24.3 Å². The zero-order valence-electron chi connectivity index (χ0n) is 10.5. The Labute approximate surface area is 134 Å². The lowest BCUT2D eigenvalue weighted by molar-refractivity contribution is 1.31. The first-order valence-electron chi connectivity index (χ1n) is 5.95. The minimum Gasteiger partial charge on any atom is -0.398 e. The molecule has 3 rings (SSSR count). The van der Waals surface area contributed by atoms with Crippen LogP contribution in [-0.2, 0) is 0 Å². The smallest absolute Gasteiger partial charge is 0.161 e. The van der Waals surface area contributed by atoms with Crippen LogP contribution in [-0.4, -0.2) is 10.1 Å². The first-order valence-corrected chi connectivity index (χ1v) is 10.1. The Hall–Kier alpha value is -0.820. The molecule has 3 aromatic rings. The van der Waals surface area contributed by atoms with Gasteiger partial charge in [-0.3, -0.25) is 0 Å². The second-order valence-corrected chi connectivity index (χ2v) is 8.91. The number of thioether (sulfide) groups is 1. The molecule has 6 heteroatoms. The molecule has 0 radical (unpaired) electrons. The van der Waals surface area contributed by atoms with Crippen molar-refractivity contribution in [1.29, 1.82) is 0 Å². The van der Waals surface area contributed by atoms with Crippen LogP contribution < -0.4 is 5.73 Å². The molecular formula is C14H12N2S4. The van der Waals surface area contributed by atoms with Gasteiger partial charge < -0.3 is 5.73 Å². The van der Waals surface area contributed by atoms with Crippen LogP contribution >= 0.6 is 44.7 Å². The molecule has 2 N–H and O–H groups in total. The predicted octanol–water partition coefficient (Wildman–Crippen LogP) is 5.37. The summed E-state index contributed by atoms with van der Waals surface area (Å²) in [7, 11) is 3.53. The number of aromatic nitrogens is 1. The second-order valence-electron chi connectivity index (χ2n) is 3.95. The Morgan fingerprint density at radius 2 is 1.85 bits per heavy atom. The number of fused-ring (bicyclic) bond motifs is 1. The highest BCUT2D eigenvalue weighted by molar-refractivity contribution is 8.78. The van der Waals surface area contributed by atoms with E-state index in [4.69, 9.17) is 5.73 Å². The largest absolute Gasteiger partial charge is 0.398 e. The third-order valence-corrected chi connectivity index (χ3v) is 7.82. The van der Waals surface area contributed by atoms with Crippen molar-refractivity contribution < 1.29 is 0 Å². The molecule has 0 bridgehead atoms. The van der Waals surface area contributed by atoms with Crippen molar-refractivity contribution >= 4 is 60.6 Å². The van der Waals surface area contributed by atoms with Gasteiger partial charge in [-0.25, -0.2) is 4.98 Å². The van der Waals surface area contributed by atoms with Gasteiger partial charge in [0.2, 0.25) is 0 Å². The van der Waals surface area contributed by atoms with Gasteiger partial charge in [-0.05, 0) is 35.1 Å². The molecule has 1 aromatic heterocycles. The molecule has 1 heterocycles. The molecular weight excluding hydrogens is 324 g/mol. The molecule has 0 amide bonds. The van der Waals surface area contributed by atoms with E-state index in [0.29, 0.717) is 0 Å². The van der Waals surface area contributed by atoms with Crippen LogP contribution in [0.25, 0.3) is 10.2 Å². The standard InChI is InChI=1S/C14H12N2S4/c15-10-5-1-3-7-12(10)17-9-18-20-14-16-11-6-2-4-8-13(11)19-14/h1-8H,9,15H2. The van der Waals surface area contributed by atoms with Crippen LogP contribution in [0.2, 0.25) is 0 Å². The number of hydrogen-bond donors (Lipinski definition) is 1. The Kier molecular flexibility index (Phi) is 4.77. The minimum absolute atomic E-state index is 0.850. The van der Waals surface area contributed by atoms with Crippen molar-refractivity contribution in [2.45, 2.75) is 9.24 Å². The maximum atomic E-state index is 5.92. The fourth-order valence-electron chi connectivity index (χ4n) is 1.66. The van der Waals surface area contributed by atoms with Crippen molar-refractivity contribution in [3.05, 3.63) is 48.5 Å². The first-order chi connectivity index (χ1) is 9.83. The van der Waals surface area contributed by atoms with Crippen molar-refractivity contribution in [3.8, 4) is 0 Å². The van der Waals surface area contributed by atoms with Gasteiger partial charge >= 0.3 is 0 Å². The topological polar surface area (TPSA) is 38.9 Å². The van der Waals surface area contributed by atoms with E-state index in [0.717, 1.165) is 25.5 Å². The molecule has 102 valence electrons. The maximum absolute atomic E-state index is 5.92. The molecule has 0 fully saturated rings. The number of para-hydroxylation sites is 2. The molecule has 0 aliphatic rings. The van der Waals surface area contributed by atoms with Gasteiger partial charge in [0.25, 0.3) is 0 Å². The van der Waals surface area contributed by atoms with Crippen molar-refractivity contribution in [2.75, 3.05) is 10.8 Å². The summed E-state index contributed by atoms with van der Waals surface area (Å²) in [5.74, 6) is 0. The number of nitrogens with two attached hydrogens (primary N) is 1. The zero-order chi connectivity index (χ0) is 13.8. The van der Waals surface area contributed by atoms with E-state index >= 15 is 0 Å². The summed E-state index contributed by atoms with van der Waals surface area (Å²) >= 11 is 3.51. The number of rotatable bonds is 5. The number of thiazole rings is 1. The van der Waals surface area contributed by atoms with Crippen LogP contribution in [0.15, 0.2) is 57.8 Å². The third-order valence-electron chi connectivity index (χ3n) is 2.59. The number of nitrogen functional groups attached to an aromatic ring is 1. The summed E-state index contributed by atoms with van der Waals surface area (Å²) in [6, 6.07) is 16.2. The number of nitrogens with zero attached hydrogens (tertiary/aromatic N) is 1. The maximum Gasteiger partial charge on any atom is 0.161 e. The third kappa shape index (κ3) is 3.44. The second kappa shape index (κ2) is 6.76. The zero-order valence-corrected chi connectivity index (χ0v) is 13.7. The SMILES string of the molecule is Nc1ccccc1SCSSc1nc2ccccc2s1. The average Bonchev–Trinajstić information content (AvgIpc) is 2.88. The predicted molar refractivity (Wildman–Crippen MR) is 94.6 cm³/mol. The fraction of sp³-hybridized carbons (Fsp3) is 0.0714. The van der Waals surface area contributed by atoms with Crippen molar-refractivity contribution in [3.63, 3.8) is 0 Å². The number of anilines is 1. The number of benzene rings is 2. The molecule has 0 spiro atoms. The molecule has 0 atom stereocenters. The highest BCUT2D eigenvalue weighted by Gasteiger charge is 2.04. The van der Waals surface area contributed by atoms with Crippen molar-refractivity contribution in [1.82, 2.24) is 4.98 Å². The Balaban J connectivity index is 1.54. The molecule has 0 saturated carbocycles. The summed E-state index contributed by atoms with van der Waals surface area (Å²) in [5, 5.41) is 0.953. The molecule has 20 heavy (non-hydrogen) atoms. The minimum atomic E-state index is 0.850. The highest BCUT2D eigenvalue weighted by Crippen LogP contribution is 2.39. The molecule has 2 nitrogen and oxygen atoms in total. The van der Waals surface area contributed by atoms with Gasteiger partial charge in [0.15, 0.2) is 4.34 Å². The Morgan fingerprint density at radius 3 is 2.70 bits per heavy atom. The van der Waals surface area contributed by atoms with Crippen LogP contribution in [0.1, 0.15) is 0 Å². The van der Waals surface area contributed by atoms with Crippen LogP contribution in [0.3, 0.4) is 0 Å². The van der Waals surface area contributed by atoms with Gasteiger partial charge in [0.05, 0.1) is 15.3 Å². The number of hydrogen-bond acceptors (Lipinski definition) is 6. The Bertz CT molecular complexity index is 678. The molecule has 0 aliphatic carbocycles. The molecule has 2 aromatic carbocycles. The summed E-state index contributed by atoms with van der Waals surface area (Å²) in [5.41, 5.74) is 7.85. The quantitative estimate of drug-likeness (QED) is 0.223. The van der Waals surface area contributed by atoms with E-state index in [-0.39, 0.29) is 0 Å². The lowest BCUT2D eigenvalue weighted by atomic mass is 10.3. The van der Waals surface area contributed by atoms with Gasteiger partial charge in [-0.2, -0.15) is 0 Å². The highest BCUT2D eigenvalue weighted by atomic mass is 33.1. The normalized spacial score (nSPS) is 11.0. The summed E-state index contributed by atoms with van der Waals surface area (Å²) in [6.45, 7) is 0.